The highest BCUT2D eigenvalue weighted by Crippen LogP contribution is 2.26. The molecule has 17 heavy (non-hydrogen) atoms. The quantitative estimate of drug-likeness (QED) is 0.763. The molecule has 1 aliphatic rings. The van der Waals surface area contributed by atoms with E-state index in [1.807, 2.05) is 26.0 Å². The average molecular weight is 254 g/mol. The number of anilines is 2. The largest absolute Gasteiger partial charge is 0.399 e. The summed E-state index contributed by atoms with van der Waals surface area (Å²) in [6.07, 6.45) is 0. The van der Waals surface area contributed by atoms with Crippen molar-refractivity contribution in [2.24, 2.45) is 0 Å². The van der Waals surface area contributed by atoms with Crippen LogP contribution in [0.3, 0.4) is 0 Å². The Balaban J connectivity index is 2.27. The first-order valence-electron chi connectivity index (χ1n) is 5.71. The maximum Gasteiger partial charge on any atom is 0.153 e. The minimum absolute atomic E-state index is 0.246. The number of nitrogens with zero attached hydrogens (tertiary/aromatic N) is 1. The van der Waals surface area contributed by atoms with Crippen LogP contribution in [0.1, 0.15) is 11.1 Å². The maximum atomic E-state index is 11.4. The molecule has 2 rings (SSSR count). The summed E-state index contributed by atoms with van der Waals surface area (Å²) < 4.78 is 22.8. The van der Waals surface area contributed by atoms with Gasteiger partial charge in [-0.1, -0.05) is 0 Å². The van der Waals surface area contributed by atoms with E-state index in [0.29, 0.717) is 13.1 Å². The minimum Gasteiger partial charge on any atom is -0.399 e. The fraction of sp³-hybridized carbons (Fsp3) is 0.500. The Labute approximate surface area is 102 Å². The molecule has 4 nitrogen and oxygen atoms in total. The van der Waals surface area contributed by atoms with E-state index in [9.17, 15) is 8.42 Å². The van der Waals surface area contributed by atoms with Gasteiger partial charge in [-0.15, -0.1) is 0 Å². The fourth-order valence-electron chi connectivity index (χ4n) is 2.12. The molecule has 0 saturated carbocycles. The lowest BCUT2D eigenvalue weighted by Crippen LogP contribution is -2.40. The molecule has 0 bridgehead atoms. The van der Waals surface area contributed by atoms with Gasteiger partial charge in [-0.3, -0.25) is 0 Å². The number of rotatable bonds is 1. The van der Waals surface area contributed by atoms with Gasteiger partial charge in [0.05, 0.1) is 11.5 Å². The van der Waals surface area contributed by atoms with Gasteiger partial charge in [0.2, 0.25) is 0 Å². The lowest BCUT2D eigenvalue weighted by atomic mass is 10.1. The summed E-state index contributed by atoms with van der Waals surface area (Å²) >= 11 is 0. The van der Waals surface area contributed by atoms with Crippen LogP contribution in [-0.4, -0.2) is 33.0 Å². The van der Waals surface area contributed by atoms with E-state index < -0.39 is 9.84 Å². The molecule has 2 N–H and O–H groups in total. The number of hydrogen-bond donors (Lipinski definition) is 1. The van der Waals surface area contributed by atoms with Gasteiger partial charge in [0, 0.05) is 24.5 Å². The predicted octanol–water partition coefficient (Wildman–Crippen LogP) is 1.12. The summed E-state index contributed by atoms with van der Waals surface area (Å²) in [5, 5.41) is 0. The Morgan fingerprint density at radius 3 is 2.29 bits per heavy atom. The van der Waals surface area contributed by atoms with Gasteiger partial charge >= 0.3 is 0 Å². The van der Waals surface area contributed by atoms with Gasteiger partial charge in [-0.05, 0) is 37.1 Å². The van der Waals surface area contributed by atoms with Crippen molar-refractivity contribution in [3.05, 3.63) is 23.3 Å². The van der Waals surface area contributed by atoms with E-state index in [4.69, 9.17) is 5.73 Å². The molecule has 0 aliphatic carbocycles. The zero-order chi connectivity index (χ0) is 12.6. The van der Waals surface area contributed by atoms with E-state index >= 15 is 0 Å². The molecule has 1 aromatic rings. The average Bonchev–Trinajstić information content (AvgIpc) is 2.24. The Morgan fingerprint density at radius 1 is 1.12 bits per heavy atom. The molecule has 1 aromatic carbocycles. The first-order chi connectivity index (χ1) is 7.89. The molecule has 5 heteroatoms. The Hall–Kier alpha value is -1.23. The standard InChI is InChI=1S/C12H18N2O2S/c1-9-8-12(10(2)7-11(9)13)14-3-5-17(15,16)6-4-14/h7-8H,3-6,13H2,1-2H3. The second kappa shape index (κ2) is 4.22. The highest BCUT2D eigenvalue weighted by molar-refractivity contribution is 7.91. The fourth-order valence-corrected chi connectivity index (χ4v) is 3.32. The van der Waals surface area contributed by atoms with Crippen LogP contribution in [0.2, 0.25) is 0 Å². The Morgan fingerprint density at radius 2 is 1.71 bits per heavy atom. The molecule has 1 aliphatic heterocycles. The summed E-state index contributed by atoms with van der Waals surface area (Å²) in [5.74, 6) is 0.492. The summed E-state index contributed by atoms with van der Waals surface area (Å²) in [4.78, 5) is 2.13. The van der Waals surface area contributed by atoms with Crippen LogP contribution in [0.25, 0.3) is 0 Å². The van der Waals surface area contributed by atoms with Crippen molar-refractivity contribution in [3.8, 4) is 0 Å². The number of nitrogens with two attached hydrogens (primary N) is 1. The molecule has 0 unspecified atom stereocenters. The smallest absolute Gasteiger partial charge is 0.153 e. The van der Waals surface area contributed by atoms with Crippen LogP contribution in [0.4, 0.5) is 11.4 Å². The molecule has 1 saturated heterocycles. The molecule has 1 fully saturated rings. The van der Waals surface area contributed by atoms with Crippen molar-refractivity contribution < 1.29 is 8.42 Å². The van der Waals surface area contributed by atoms with Gasteiger partial charge in [-0.2, -0.15) is 0 Å². The predicted molar refractivity (Wildman–Crippen MR) is 71.2 cm³/mol. The third kappa shape index (κ3) is 2.54. The zero-order valence-electron chi connectivity index (χ0n) is 10.2. The van der Waals surface area contributed by atoms with Gasteiger partial charge in [0.25, 0.3) is 0 Å². The van der Waals surface area contributed by atoms with Crippen LogP contribution in [0, 0.1) is 13.8 Å². The number of sulfone groups is 1. The number of benzene rings is 1. The SMILES string of the molecule is Cc1cc(N2CCS(=O)(=O)CC2)c(C)cc1N. The normalized spacial score (nSPS) is 19.3. The van der Waals surface area contributed by atoms with E-state index in [1.54, 1.807) is 0 Å². The lowest BCUT2D eigenvalue weighted by molar-refractivity contribution is 0.586. The van der Waals surface area contributed by atoms with E-state index in [2.05, 4.69) is 4.90 Å². The zero-order valence-corrected chi connectivity index (χ0v) is 11.0. The maximum absolute atomic E-state index is 11.4. The van der Waals surface area contributed by atoms with Crippen molar-refractivity contribution in [2.75, 3.05) is 35.2 Å². The second-order valence-corrected chi connectivity index (χ2v) is 6.94. The highest BCUT2D eigenvalue weighted by atomic mass is 32.2. The van der Waals surface area contributed by atoms with Crippen LogP contribution in [-0.2, 0) is 9.84 Å². The van der Waals surface area contributed by atoms with E-state index in [-0.39, 0.29) is 11.5 Å². The molecule has 0 atom stereocenters. The number of hydrogen-bond acceptors (Lipinski definition) is 4. The number of aryl methyl sites for hydroxylation is 2. The van der Waals surface area contributed by atoms with Crippen molar-refractivity contribution in [1.82, 2.24) is 0 Å². The molecular formula is C12H18N2O2S. The van der Waals surface area contributed by atoms with Crippen LogP contribution < -0.4 is 10.6 Å². The lowest BCUT2D eigenvalue weighted by Gasteiger charge is -2.30. The second-order valence-electron chi connectivity index (χ2n) is 4.63. The monoisotopic (exact) mass is 254 g/mol. The highest BCUT2D eigenvalue weighted by Gasteiger charge is 2.22. The summed E-state index contributed by atoms with van der Waals surface area (Å²) in [5.41, 5.74) is 9.88. The molecule has 1 heterocycles. The van der Waals surface area contributed by atoms with Crippen LogP contribution in [0.15, 0.2) is 12.1 Å². The molecule has 0 aromatic heterocycles. The topological polar surface area (TPSA) is 63.4 Å². The summed E-state index contributed by atoms with van der Waals surface area (Å²) in [6.45, 7) is 5.13. The Kier molecular flexibility index (Phi) is 3.03. The first kappa shape index (κ1) is 12.2. The summed E-state index contributed by atoms with van der Waals surface area (Å²) in [6, 6.07) is 4.00. The van der Waals surface area contributed by atoms with Crippen LogP contribution >= 0.6 is 0 Å². The van der Waals surface area contributed by atoms with E-state index in [1.165, 1.54) is 0 Å². The minimum atomic E-state index is -2.82. The van der Waals surface area contributed by atoms with Crippen molar-refractivity contribution >= 4 is 21.2 Å². The molecule has 94 valence electrons. The summed E-state index contributed by atoms with van der Waals surface area (Å²) in [7, 11) is -2.82. The van der Waals surface area contributed by atoms with Gasteiger partial charge in [-0.25, -0.2) is 8.42 Å². The molecule has 0 spiro atoms. The van der Waals surface area contributed by atoms with E-state index in [0.717, 1.165) is 22.5 Å². The first-order valence-corrected chi connectivity index (χ1v) is 7.53. The van der Waals surface area contributed by atoms with Crippen molar-refractivity contribution in [1.29, 1.82) is 0 Å². The van der Waals surface area contributed by atoms with Crippen molar-refractivity contribution in [2.45, 2.75) is 13.8 Å². The molecule has 0 radical (unpaired) electrons. The van der Waals surface area contributed by atoms with Crippen LogP contribution in [0.5, 0.6) is 0 Å². The van der Waals surface area contributed by atoms with Gasteiger partial charge in [0.1, 0.15) is 0 Å². The number of nitrogen functional groups attached to an aromatic ring is 1. The molecule has 0 amide bonds. The van der Waals surface area contributed by atoms with Gasteiger partial charge < -0.3 is 10.6 Å². The van der Waals surface area contributed by atoms with Crippen molar-refractivity contribution in [3.63, 3.8) is 0 Å². The third-order valence-electron chi connectivity index (χ3n) is 3.27. The Bertz CT molecular complexity index is 524. The third-order valence-corrected chi connectivity index (χ3v) is 4.88. The molecular weight excluding hydrogens is 236 g/mol. The van der Waals surface area contributed by atoms with Gasteiger partial charge in [0.15, 0.2) is 9.84 Å².